The first-order valence-electron chi connectivity index (χ1n) is 5.75. The zero-order chi connectivity index (χ0) is 11.7. The van der Waals surface area contributed by atoms with Crippen molar-refractivity contribution in [3.05, 3.63) is 34.9 Å². The number of benzene rings is 1. The van der Waals surface area contributed by atoms with Gasteiger partial charge in [-0.2, -0.15) is 0 Å². The zero-order valence-electron chi connectivity index (χ0n) is 10.4. The Balaban J connectivity index is 2.78. The summed E-state index contributed by atoms with van der Waals surface area (Å²) in [7, 11) is 1.93. The maximum absolute atomic E-state index is 4.71. The molecular weight excluding hydrogens is 196 g/mol. The minimum absolute atomic E-state index is 1.00. The fraction of sp³-hybridized carbons (Fsp3) is 0.357. The van der Waals surface area contributed by atoms with Crippen molar-refractivity contribution in [3.8, 4) is 0 Å². The summed E-state index contributed by atoms with van der Waals surface area (Å²) < 4.78 is 0. The normalized spacial score (nSPS) is 10.8. The van der Waals surface area contributed by atoms with Crippen LogP contribution in [0.2, 0.25) is 0 Å². The second-order valence-corrected chi connectivity index (χ2v) is 4.18. The Hall–Kier alpha value is -1.57. The lowest BCUT2D eigenvalue weighted by atomic mass is 10.0. The maximum Gasteiger partial charge on any atom is 0.129 e. The number of anilines is 1. The monoisotopic (exact) mass is 214 g/mol. The van der Waals surface area contributed by atoms with Gasteiger partial charge in [0.05, 0.1) is 5.52 Å². The Bertz CT molecular complexity index is 530. The fourth-order valence-corrected chi connectivity index (χ4v) is 2.01. The van der Waals surface area contributed by atoms with E-state index in [0.29, 0.717) is 0 Å². The molecular formula is C14H18N2. The minimum Gasteiger partial charge on any atom is -0.373 e. The van der Waals surface area contributed by atoms with Gasteiger partial charge in [-0.15, -0.1) is 0 Å². The SMILES string of the molecule is CCc1cc2ccc(C)c(C)c2nc1NC. The molecule has 84 valence electrons. The molecule has 1 heterocycles. The molecule has 0 bridgehead atoms. The molecule has 1 aromatic heterocycles. The molecule has 0 spiro atoms. The second kappa shape index (κ2) is 4.12. The fourth-order valence-electron chi connectivity index (χ4n) is 2.01. The Morgan fingerprint density at radius 3 is 2.62 bits per heavy atom. The third kappa shape index (κ3) is 1.64. The lowest BCUT2D eigenvalue weighted by molar-refractivity contribution is 1.11. The predicted molar refractivity (Wildman–Crippen MR) is 70.1 cm³/mol. The smallest absolute Gasteiger partial charge is 0.129 e. The first-order valence-corrected chi connectivity index (χ1v) is 5.75. The van der Waals surface area contributed by atoms with Gasteiger partial charge in [-0.3, -0.25) is 0 Å². The van der Waals surface area contributed by atoms with Crippen molar-refractivity contribution in [1.29, 1.82) is 0 Å². The Morgan fingerprint density at radius 2 is 2.00 bits per heavy atom. The van der Waals surface area contributed by atoms with Gasteiger partial charge in [0.25, 0.3) is 0 Å². The van der Waals surface area contributed by atoms with Crippen molar-refractivity contribution in [1.82, 2.24) is 4.98 Å². The number of fused-ring (bicyclic) bond motifs is 1. The summed E-state index contributed by atoms with van der Waals surface area (Å²) in [5, 5.41) is 4.41. The largest absolute Gasteiger partial charge is 0.373 e. The molecule has 0 atom stereocenters. The van der Waals surface area contributed by atoms with Crippen molar-refractivity contribution >= 4 is 16.7 Å². The number of pyridine rings is 1. The molecule has 0 aliphatic heterocycles. The number of aromatic nitrogens is 1. The maximum atomic E-state index is 4.71. The van der Waals surface area contributed by atoms with Gasteiger partial charge in [-0.25, -0.2) is 4.98 Å². The summed E-state index contributed by atoms with van der Waals surface area (Å²) >= 11 is 0. The number of rotatable bonds is 2. The van der Waals surface area contributed by atoms with E-state index in [1.807, 2.05) is 7.05 Å². The summed E-state index contributed by atoms with van der Waals surface area (Å²) in [5.41, 5.74) is 4.96. The van der Waals surface area contributed by atoms with Gasteiger partial charge in [-0.05, 0) is 43.0 Å². The van der Waals surface area contributed by atoms with Crippen LogP contribution in [0.25, 0.3) is 10.9 Å². The van der Waals surface area contributed by atoms with E-state index in [1.54, 1.807) is 0 Å². The van der Waals surface area contributed by atoms with Crippen molar-refractivity contribution in [3.63, 3.8) is 0 Å². The number of nitrogens with one attached hydrogen (secondary N) is 1. The van der Waals surface area contributed by atoms with Crippen LogP contribution in [0.3, 0.4) is 0 Å². The van der Waals surface area contributed by atoms with E-state index < -0.39 is 0 Å². The van der Waals surface area contributed by atoms with Gasteiger partial charge >= 0.3 is 0 Å². The van der Waals surface area contributed by atoms with Crippen LogP contribution in [0.15, 0.2) is 18.2 Å². The van der Waals surface area contributed by atoms with E-state index in [0.717, 1.165) is 17.8 Å². The van der Waals surface area contributed by atoms with E-state index in [2.05, 4.69) is 44.3 Å². The van der Waals surface area contributed by atoms with Crippen LogP contribution in [0.1, 0.15) is 23.6 Å². The second-order valence-electron chi connectivity index (χ2n) is 4.18. The molecule has 2 nitrogen and oxygen atoms in total. The Labute approximate surface area is 96.7 Å². The van der Waals surface area contributed by atoms with E-state index in [-0.39, 0.29) is 0 Å². The molecule has 0 saturated heterocycles. The van der Waals surface area contributed by atoms with Crippen LogP contribution >= 0.6 is 0 Å². The van der Waals surface area contributed by atoms with Crippen LogP contribution < -0.4 is 5.32 Å². The molecule has 0 radical (unpaired) electrons. The standard InChI is InChI=1S/C14H18N2/c1-5-11-8-12-7-6-9(2)10(3)13(12)16-14(11)15-4/h6-8H,5H2,1-4H3,(H,15,16). The molecule has 2 rings (SSSR count). The van der Waals surface area contributed by atoms with Crippen molar-refractivity contribution in [2.75, 3.05) is 12.4 Å². The van der Waals surface area contributed by atoms with Crippen LogP contribution in [-0.2, 0) is 6.42 Å². The molecule has 16 heavy (non-hydrogen) atoms. The van der Waals surface area contributed by atoms with Crippen LogP contribution in [0.5, 0.6) is 0 Å². The highest BCUT2D eigenvalue weighted by atomic mass is 15.0. The average Bonchev–Trinajstić information content (AvgIpc) is 2.32. The van der Waals surface area contributed by atoms with E-state index in [4.69, 9.17) is 4.98 Å². The molecule has 2 aromatic rings. The van der Waals surface area contributed by atoms with E-state index >= 15 is 0 Å². The highest BCUT2D eigenvalue weighted by Gasteiger charge is 2.07. The zero-order valence-corrected chi connectivity index (χ0v) is 10.4. The number of nitrogens with zero attached hydrogens (tertiary/aromatic N) is 1. The summed E-state index contributed by atoms with van der Waals surface area (Å²) in [4.78, 5) is 4.71. The van der Waals surface area contributed by atoms with Crippen LogP contribution in [0.4, 0.5) is 5.82 Å². The molecule has 0 unspecified atom stereocenters. The van der Waals surface area contributed by atoms with Gasteiger partial charge in [0.2, 0.25) is 0 Å². The number of hydrogen-bond acceptors (Lipinski definition) is 2. The van der Waals surface area contributed by atoms with Gasteiger partial charge in [0.15, 0.2) is 0 Å². The third-order valence-electron chi connectivity index (χ3n) is 3.21. The first-order chi connectivity index (χ1) is 7.67. The Kier molecular flexibility index (Phi) is 2.82. The topological polar surface area (TPSA) is 24.9 Å². The van der Waals surface area contributed by atoms with Crippen LogP contribution in [-0.4, -0.2) is 12.0 Å². The lowest BCUT2D eigenvalue weighted by Gasteiger charge is -2.11. The summed E-state index contributed by atoms with van der Waals surface area (Å²) in [6.45, 7) is 6.42. The molecule has 0 saturated carbocycles. The highest BCUT2D eigenvalue weighted by Crippen LogP contribution is 2.24. The highest BCUT2D eigenvalue weighted by molar-refractivity contribution is 5.85. The van der Waals surface area contributed by atoms with Crippen molar-refractivity contribution in [2.24, 2.45) is 0 Å². The number of hydrogen-bond donors (Lipinski definition) is 1. The molecule has 0 fully saturated rings. The van der Waals surface area contributed by atoms with Gasteiger partial charge < -0.3 is 5.32 Å². The predicted octanol–water partition coefficient (Wildman–Crippen LogP) is 3.46. The van der Waals surface area contributed by atoms with E-state index in [1.165, 1.54) is 22.1 Å². The minimum atomic E-state index is 1.00. The molecule has 2 heteroatoms. The quantitative estimate of drug-likeness (QED) is 0.828. The van der Waals surface area contributed by atoms with Crippen molar-refractivity contribution < 1.29 is 0 Å². The summed E-state index contributed by atoms with van der Waals surface area (Å²) in [6.07, 6.45) is 1.01. The lowest BCUT2D eigenvalue weighted by Crippen LogP contribution is -1.99. The molecule has 0 aliphatic rings. The van der Waals surface area contributed by atoms with Crippen molar-refractivity contribution in [2.45, 2.75) is 27.2 Å². The Morgan fingerprint density at radius 1 is 1.25 bits per heavy atom. The molecule has 0 amide bonds. The molecule has 1 N–H and O–H groups in total. The van der Waals surface area contributed by atoms with Gasteiger partial charge in [0.1, 0.15) is 5.82 Å². The van der Waals surface area contributed by atoms with Gasteiger partial charge in [0, 0.05) is 12.4 Å². The van der Waals surface area contributed by atoms with E-state index in [9.17, 15) is 0 Å². The molecule has 1 aromatic carbocycles. The van der Waals surface area contributed by atoms with Gasteiger partial charge in [-0.1, -0.05) is 19.1 Å². The first kappa shape index (κ1) is 10.9. The number of aryl methyl sites for hydroxylation is 3. The third-order valence-corrected chi connectivity index (χ3v) is 3.21. The summed E-state index contributed by atoms with van der Waals surface area (Å²) in [6, 6.07) is 6.56. The van der Waals surface area contributed by atoms with Crippen LogP contribution in [0, 0.1) is 13.8 Å². The molecule has 0 aliphatic carbocycles. The summed E-state index contributed by atoms with van der Waals surface area (Å²) in [5.74, 6) is 1.00. The average molecular weight is 214 g/mol.